The van der Waals surface area contributed by atoms with Crippen molar-refractivity contribution in [1.29, 1.82) is 0 Å². The number of rotatable bonds is 5. The minimum Gasteiger partial charge on any atom is -0.425 e. The monoisotopic (exact) mass is 528 g/mol. The maximum Gasteiger partial charge on any atom is 0.338 e. The molecule has 0 heterocycles. The Kier molecular flexibility index (Phi) is 6.27. The molecule has 0 amide bonds. The first-order valence-electron chi connectivity index (χ1n) is 12.7. The predicted octanol–water partition coefficient (Wildman–Crippen LogP) is 3.71. The molecule has 196 valence electrons. The summed E-state index contributed by atoms with van der Waals surface area (Å²) in [5.41, 5.74) is -2.26. The van der Waals surface area contributed by atoms with Gasteiger partial charge in [0.15, 0.2) is 0 Å². The lowest BCUT2D eigenvalue weighted by Gasteiger charge is -2.41. The van der Waals surface area contributed by atoms with Gasteiger partial charge in [-0.3, -0.25) is 0 Å². The van der Waals surface area contributed by atoms with Crippen molar-refractivity contribution in [3.05, 3.63) is 143 Å². The first-order valence-corrected chi connectivity index (χ1v) is 12.7. The Labute approximate surface area is 229 Å². The number of benzene rings is 5. The Hall–Kier alpha value is -5.04. The highest BCUT2D eigenvalue weighted by Gasteiger charge is 2.66. The number of aliphatic hydroxyl groups is 2. The molecule has 6 nitrogen and oxygen atoms in total. The van der Waals surface area contributed by atoms with Crippen LogP contribution in [0.2, 0.25) is 0 Å². The molecule has 1 aliphatic rings. The van der Waals surface area contributed by atoms with Gasteiger partial charge in [0.05, 0.1) is 0 Å². The van der Waals surface area contributed by atoms with Crippen molar-refractivity contribution in [1.82, 2.24) is 0 Å². The summed E-state index contributed by atoms with van der Waals surface area (Å²) in [6.07, 6.45) is 1.23. The number of carbonyl (C=O) groups is 2. The number of hydrogen-bond donors (Lipinski definition) is 2. The molecule has 0 spiro atoms. The normalized spacial score (nSPS) is 15.0. The zero-order chi connectivity index (χ0) is 27.7. The molecule has 0 saturated heterocycles. The minimum atomic E-state index is -3.08. The first-order chi connectivity index (χ1) is 19.4. The van der Waals surface area contributed by atoms with Gasteiger partial charge >= 0.3 is 11.9 Å². The second-order valence-corrected chi connectivity index (χ2v) is 9.52. The van der Waals surface area contributed by atoms with Gasteiger partial charge in [0.2, 0.25) is 11.2 Å². The molecule has 2 N–H and O–H groups in total. The lowest BCUT2D eigenvalue weighted by molar-refractivity contribution is -0.203. The van der Waals surface area contributed by atoms with Crippen LogP contribution in [-0.4, -0.2) is 27.9 Å². The Bertz CT molecular complexity index is 1800. The highest BCUT2D eigenvalue weighted by atomic mass is 16.6. The molecule has 0 bridgehead atoms. The average Bonchev–Trinajstić information content (AvgIpc) is 2.97. The second-order valence-electron chi connectivity index (χ2n) is 9.52. The SMILES string of the molecule is O=C(Oc1ccccc1)C1(C(=O)Oc2ccccc2)C=c2ccccc2=C(c2cccc3ccccc23)C1(O)O. The van der Waals surface area contributed by atoms with Crippen molar-refractivity contribution in [2.75, 3.05) is 0 Å². The van der Waals surface area contributed by atoms with Crippen molar-refractivity contribution < 1.29 is 29.3 Å². The highest BCUT2D eigenvalue weighted by Crippen LogP contribution is 2.45. The van der Waals surface area contributed by atoms with E-state index in [1.165, 1.54) is 30.3 Å². The van der Waals surface area contributed by atoms with Gasteiger partial charge < -0.3 is 19.7 Å². The molecule has 0 saturated carbocycles. The summed E-state index contributed by atoms with van der Waals surface area (Å²) in [6, 6.07) is 36.1. The standard InChI is InChI=1S/C34H24O6/c35-31(39-25-15-3-1-4-16-25)33(32(36)40-26-17-5-2-6-18-26)22-24-13-8-10-20-28(24)30(34(33,37)38)29-21-11-14-23-12-7-9-19-27(23)29/h1-22,37-38H. The van der Waals surface area contributed by atoms with Gasteiger partial charge in [-0.25, -0.2) is 9.59 Å². The molecule has 6 rings (SSSR count). The Morgan fingerprint density at radius 1 is 0.575 bits per heavy atom. The smallest absolute Gasteiger partial charge is 0.338 e. The fourth-order valence-electron chi connectivity index (χ4n) is 5.18. The van der Waals surface area contributed by atoms with Crippen LogP contribution in [0.15, 0.2) is 127 Å². The van der Waals surface area contributed by atoms with Crippen molar-refractivity contribution >= 4 is 34.4 Å². The molecular formula is C34H24O6. The largest absolute Gasteiger partial charge is 0.425 e. The Morgan fingerprint density at radius 3 is 1.75 bits per heavy atom. The van der Waals surface area contributed by atoms with E-state index in [4.69, 9.17) is 9.47 Å². The summed E-state index contributed by atoms with van der Waals surface area (Å²) in [6.45, 7) is 0. The number of esters is 2. The van der Waals surface area contributed by atoms with Gasteiger partial charge in [-0.05, 0) is 57.1 Å². The van der Waals surface area contributed by atoms with E-state index in [0.717, 1.165) is 5.39 Å². The van der Waals surface area contributed by atoms with Crippen LogP contribution in [0.4, 0.5) is 0 Å². The molecular weight excluding hydrogens is 504 g/mol. The van der Waals surface area contributed by atoms with E-state index in [2.05, 4.69) is 0 Å². The molecule has 1 aliphatic carbocycles. The van der Waals surface area contributed by atoms with Crippen LogP contribution in [0.1, 0.15) is 5.56 Å². The minimum absolute atomic E-state index is 0.0163. The van der Waals surface area contributed by atoms with Crippen molar-refractivity contribution in [3.8, 4) is 11.5 Å². The predicted molar refractivity (Wildman–Crippen MR) is 150 cm³/mol. The van der Waals surface area contributed by atoms with Gasteiger partial charge in [0, 0.05) is 5.57 Å². The van der Waals surface area contributed by atoms with Crippen molar-refractivity contribution in [3.63, 3.8) is 0 Å². The van der Waals surface area contributed by atoms with Gasteiger partial charge in [-0.2, -0.15) is 0 Å². The number of fused-ring (bicyclic) bond motifs is 2. The fourth-order valence-corrected chi connectivity index (χ4v) is 5.18. The number of hydrogen-bond acceptors (Lipinski definition) is 6. The third kappa shape index (κ3) is 4.07. The molecule has 0 atom stereocenters. The Balaban J connectivity index is 1.64. The lowest BCUT2D eigenvalue weighted by atomic mass is 9.69. The maximum atomic E-state index is 14.1. The summed E-state index contributed by atoms with van der Waals surface area (Å²) in [5.74, 6) is -5.21. The van der Waals surface area contributed by atoms with Crippen LogP contribution in [0.25, 0.3) is 22.4 Å². The van der Waals surface area contributed by atoms with Crippen LogP contribution in [-0.2, 0) is 9.59 Å². The zero-order valence-corrected chi connectivity index (χ0v) is 21.2. The number of ether oxygens (including phenoxy) is 2. The Morgan fingerprint density at radius 2 is 1.10 bits per heavy atom. The highest BCUT2D eigenvalue weighted by molar-refractivity contribution is 6.13. The topological polar surface area (TPSA) is 93.1 Å². The van der Waals surface area contributed by atoms with Crippen LogP contribution < -0.4 is 19.9 Å². The van der Waals surface area contributed by atoms with Gasteiger partial charge in [-0.1, -0.05) is 103 Å². The van der Waals surface area contributed by atoms with E-state index >= 15 is 0 Å². The summed E-state index contributed by atoms with van der Waals surface area (Å²) in [4.78, 5) is 28.2. The fraction of sp³-hybridized carbons (Fsp3) is 0.0588. The van der Waals surface area contributed by atoms with Gasteiger partial charge in [-0.15, -0.1) is 0 Å². The summed E-state index contributed by atoms with van der Waals surface area (Å²) in [5, 5.41) is 26.8. The maximum absolute atomic E-state index is 14.1. The van der Waals surface area contributed by atoms with Gasteiger partial charge in [0.25, 0.3) is 0 Å². The van der Waals surface area contributed by atoms with E-state index in [1.807, 2.05) is 30.3 Å². The van der Waals surface area contributed by atoms with Crippen molar-refractivity contribution in [2.24, 2.45) is 5.41 Å². The molecule has 0 fully saturated rings. The van der Waals surface area contributed by atoms with Crippen LogP contribution in [0.5, 0.6) is 11.5 Å². The molecule has 5 aromatic rings. The van der Waals surface area contributed by atoms with E-state index in [-0.39, 0.29) is 17.1 Å². The second kappa shape index (κ2) is 9.93. The first kappa shape index (κ1) is 25.2. The summed E-state index contributed by atoms with van der Waals surface area (Å²) < 4.78 is 11.3. The zero-order valence-electron chi connectivity index (χ0n) is 21.2. The van der Waals surface area contributed by atoms with E-state index in [9.17, 15) is 19.8 Å². The molecule has 0 radical (unpaired) electrons. The van der Waals surface area contributed by atoms with Crippen LogP contribution >= 0.6 is 0 Å². The molecule has 0 unspecified atom stereocenters. The average molecular weight is 529 g/mol. The van der Waals surface area contributed by atoms with E-state index in [1.54, 1.807) is 72.8 Å². The van der Waals surface area contributed by atoms with E-state index in [0.29, 0.717) is 21.4 Å². The summed E-state index contributed by atoms with van der Waals surface area (Å²) in [7, 11) is 0. The molecule has 0 aliphatic heterocycles. The third-order valence-corrected chi connectivity index (χ3v) is 7.11. The van der Waals surface area contributed by atoms with E-state index < -0.39 is 23.1 Å². The molecule has 0 aromatic heterocycles. The van der Waals surface area contributed by atoms with Crippen LogP contribution in [0.3, 0.4) is 0 Å². The van der Waals surface area contributed by atoms with Crippen molar-refractivity contribution in [2.45, 2.75) is 5.79 Å². The molecule has 5 aromatic carbocycles. The van der Waals surface area contributed by atoms with Crippen LogP contribution in [0, 0.1) is 5.41 Å². The molecule has 6 heteroatoms. The quantitative estimate of drug-likeness (QED) is 0.156. The summed E-state index contributed by atoms with van der Waals surface area (Å²) >= 11 is 0. The van der Waals surface area contributed by atoms with Gasteiger partial charge in [0.1, 0.15) is 11.5 Å². The third-order valence-electron chi connectivity index (χ3n) is 7.11. The number of carbonyl (C=O) groups excluding carboxylic acids is 2. The lowest BCUT2D eigenvalue weighted by Crippen LogP contribution is -2.64. The number of para-hydroxylation sites is 2. The molecule has 40 heavy (non-hydrogen) atoms.